The van der Waals surface area contributed by atoms with Crippen molar-refractivity contribution in [2.45, 2.75) is 11.8 Å². The number of nitro benzene ring substituents is 1. The quantitative estimate of drug-likeness (QED) is 0.0338. The number of nitro groups is 1. The summed E-state index contributed by atoms with van der Waals surface area (Å²) in [6.45, 7) is 2.15. The molecule has 54 heavy (non-hydrogen) atoms. The summed E-state index contributed by atoms with van der Waals surface area (Å²) in [5, 5.41) is 44.3. The Kier molecular flexibility index (Phi) is 11.0. The van der Waals surface area contributed by atoms with Gasteiger partial charge < -0.3 is 19.9 Å². The minimum absolute atomic E-state index is 0.0207. The van der Waals surface area contributed by atoms with Gasteiger partial charge in [0.15, 0.2) is 5.75 Å². The minimum atomic E-state index is -4.71. The fourth-order valence-electron chi connectivity index (χ4n) is 5.33. The smallest absolute Gasteiger partial charge is 0.295 e. The van der Waals surface area contributed by atoms with Crippen molar-refractivity contribution in [3.05, 3.63) is 137 Å². The first kappa shape index (κ1) is 36.8. The van der Waals surface area contributed by atoms with Crippen LogP contribution in [0, 0.1) is 10.1 Å². The highest BCUT2D eigenvalue weighted by Gasteiger charge is 2.19. The lowest BCUT2D eigenvalue weighted by Crippen LogP contribution is -2.02. The molecule has 14 nitrogen and oxygen atoms in total. The van der Waals surface area contributed by atoms with Gasteiger partial charge in [-0.1, -0.05) is 48.6 Å². The number of phenols is 1. The molecule has 272 valence electrons. The van der Waals surface area contributed by atoms with Crippen molar-refractivity contribution in [3.63, 3.8) is 0 Å². The Morgan fingerprint density at radius 1 is 0.778 bits per heavy atom. The van der Waals surface area contributed by atoms with Crippen molar-refractivity contribution in [2.75, 3.05) is 19.0 Å². The van der Waals surface area contributed by atoms with E-state index < -0.39 is 25.6 Å². The SMILES string of the molecule is CCOc1cc(N=Nc2ccc3cc(Nc4ccccc4)ccc3c2O)c(OC)cc1N=Nc1ccc(C=Cc2ccc([N+](=O)[O-])cc2S(=O)(=O)O)cc1. The fourth-order valence-corrected chi connectivity index (χ4v) is 6.04. The lowest BCUT2D eigenvalue weighted by atomic mass is 10.1. The molecule has 0 aromatic heterocycles. The second-order valence-corrected chi connectivity index (χ2v) is 13.0. The van der Waals surface area contributed by atoms with E-state index in [1.165, 1.54) is 19.3 Å². The summed E-state index contributed by atoms with van der Waals surface area (Å²) < 4.78 is 44.6. The standard InChI is InChI=1S/C39H32N6O8S/c1-3-53-37-24-34(44-42-33-20-14-27-21-30(17-19-32(27)39(33)46)40-28-7-5-4-6-8-28)36(52-2)23-35(37)43-41-29-15-10-25(11-16-29)9-12-26-13-18-31(45(47)48)22-38(26)54(49,50)51/h4-24,40,46H,3H2,1-2H3,(H,49,50,51). The van der Waals surface area contributed by atoms with Crippen LogP contribution in [0.25, 0.3) is 22.9 Å². The molecule has 0 saturated carbocycles. The number of ether oxygens (including phenoxy) is 2. The Morgan fingerprint density at radius 2 is 1.48 bits per heavy atom. The zero-order valence-electron chi connectivity index (χ0n) is 28.8. The van der Waals surface area contributed by atoms with Gasteiger partial charge in [-0.15, -0.1) is 15.3 Å². The lowest BCUT2D eigenvalue weighted by molar-refractivity contribution is -0.385. The highest BCUT2D eigenvalue weighted by molar-refractivity contribution is 7.86. The molecule has 6 rings (SSSR count). The van der Waals surface area contributed by atoms with Crippen LogP contribution in [0.15, 0.2) is 141 Å². The summed E-state index contributed by atoms with van der Waals surface area (Å²) in [7, 11) is -3.23. The topological polar surface area (TPSA) is 198 Å². The van der Waals surface area contributed by atoms with Crippen molar-refractivity contribution in [1.29, 1.82) is 0 Å². The fraction of sp³-hybridized carbons (Fsp3) is 0.0769. The third kappa shape index (κ3) is 8.72. The molecule has 6 aromatic rings. The van der Waals surface area contributed by atoms with E-state index in [1.807, 2.05) is 61.5 Å². The molecule has 0 aliphatic carbocycles. The molecule has 0 atom stereocenters. The first-order valence-electron chi connectivity index (χ1n) is 16.3. The first-order chi connectivity index (χ1) is 26.0. The predicted molar refractivity (Wildman–Crippen MR) is 206 cm³/mol. The number of aromatic hydroxyl groups is 1. The number of rotatable bonds is 13. The highest BCUT2D eigenvalue weighted by Crippen LogP contribution is 2.43. The molecule has 15 heteroatoms. The molecule has 0 aliphatic rings. The van der Waals surface area contributed by atoms with Crippen LogP contribution < -0.4 is 14.8 Å². The van der Waals surface area contributed by atoms with E-state index in [0.717, 1.165) is 28.9 Å². The van der Waals surface area contributed by atoms with Gasteiger partial charge in [-0.25, -0.2) is 0 Å². The van der Waals surface area contributed by atoms with E-state index in [4.69, 9.17) is 9.47 Å². The summed E-state index contributed by atoms with van der Waals surface area (Å²) in [6, 6.07) is 32.1. The zero-order chi connectivity index (χ0) is 38.2. The number of methoxy groups -OCH3 is 1. The molecule has 0 fully saturated rings. The normalized spacial score (nSPS) is 11.8. The summed E-state index contributed by atoms with van der Waals surface area (Å²) in [5.41, 5.74) is 3.54. The second-order valence-electron chi connectivity index (χ2n) is 11.6. The Bertz CT molecular complexity index is 2540. The summed E-state index contributed by atoms with van der Waals surface area (Å²) in [6.07, 6.45) is 3.00. The monoisotopic (exact) mass is 744 g/mol. The van der Waals surface area contributed by atoms with Gasteiger partial charge in [-0.05, 0) is 78.0 Å². The molecule has 0 amide bonds. The second kappa shape index (κ2) is 16.1. The maximum atomic E-state index is 11.8. The van der Waals surface area contributed by atoms with Crippen LogP contribution in [0.3, 0.4) is 0 Å². The van der Waals surface area contributed by atoms with Gasteiger partial charge in [0, 0.05) is 41.0 Å². The number of non-ortho nitro benzene ring substituents is 1. The molecular weight excluding hydrogens is 713 g/mol. The number of fused-ring (bicyclic) bond motifs is 1. The minimum Gasteiger partial charge on any atom is -0.505 e. The molecule has 0 aliphatic heterocycles. The number of hydrogen-bond donors (Lipinski definition) is 3. The van der Waals surface area contributed by atoms with Crippen molar-refractivity contribution in [1.82, 2.24) is 0 Å². The van der Waals surface area contributed by atoms with E-state index >= 15 is 0 Å². The third-order valence-electron chi connectivity index (χ3n) is 7.97. The van der Waals surface area contributed by atoms with Gasteiger partial charge in [0.2, 0.25) is 0 Å². The van der Waals surface area contributed by atoms with Gasteiger partial charge in [0.05, 0.1) is 24.3 Å². The maximum absolute atomic E-state index is 11.8. The number of benzene rings is 6. The largest absolute Gasteiger partial charge is 0.505 e. The van der Waals surface area contributed by atoms with E-state index in [0.29, 0.717) is 46.1 Å². The van der Waals surface area contributed by atoms with Crippen LogP contribution in [-0.2, 0) is 10.1 Å². The molecule has 0 bridgehead atoms. The zero-order valence-corrected chi connectivity index (χ0v) is 29.6. The number of azo groups is 2. The Labute approximate surface area is 309 Å². The number of anilines is 2. The highest BCUT2D eigenvalue weighted by atomic mass is 32.2. The first-order valence-corrected chi connectivity index (χ1v) is 17.8. The average molecular weight is 745 g/mol. The number of phenolic OH excluding ortho intramolecular Hbond substituents is 1. The van der Waals surface area contributed by atoms with Crippen LogP contribution in [0.1, 0.15) is 18.1 Å². The summed E-state index contributed by atoms with van der Waals surface area (Å²) in [4.78, 5) is 9.74. The van der Waals surface area contributed by atoms with Crippen molar-refractivity contribution in [2.24, 2.45) is 20.5 Å². The average Bonchev–Trinajstić information content (AvgIpc) is 3.17. The molecule has 0 saturated heterocycles. The van der Waals surface area contributed by atoms with E-state index in [2.05, 4.69) is 25.8 Å². The van der Waals surface area contributed by atoms with Crippen LogP contribution >= 0.6 is 0 Å². The molecule has 0 spiro atoms. The van der Waals surface area contributed by atoms with Crippen molar-refractivity contribution in [3.8, 4) is 17.2 Å². The van der Waals surface area contributed by atoms with Crippen LogP contribution in [0.4, 0.5) is 39.8 Å². The molecule has 6 aromatic carbocycles. The molecule has 0 radical (unpaired) electrons. The van der Waals surface area contributed by atoms with Crippen LogP contribution in [-0.4, -0.2) is 36.7 Å². The molecule has 0 heterocycles. The number of hydrogen-bond acceptors (Lipinski definition) is 12. The number of nitrogens with one attached hydrogen (secondary N) is 1. The summed E-state index contributed by atoms with van der Waals surface area (Å²) in [5.74, 6) is 0.686. The van der Waals surface area contributed by atoms with Crippen molar-refractivity contribution >= 4 is 72.9 Å². The van der Waals surface area contributed by atoms with Gasteiger partial charge in [-0.3, -0.25) is 14.7 Å². The third-order valence-corrected chi connectivity index (χ3v) is 8.88. The molecule has 3 N–H and O–H groups in total. The van der Waals surface area contributed by atoms with Crippen molar-refractivity contribution < 1.29 is 32.5 Å². The van der Waals surface area contributed by atoms with E-state index in [9.17, 15) is 28.2 Å². The number of para-hydroxylation sites is 1. The van der Waals surface area contributed by atoms with Crippen LogP contribution in [0.2, 0.25) is 0 Å². The Morgan fingerprint density at radius 3 is 2.19 bits per heavy atom. The van der Waals surface area contributed by atoms with Gasteiger partial charge >= 0.3 is 0 Å². The van der Waals surface area contributed by atoms with E-state index in [1.54, 1.807) is 48.5 Å². The molecule has 0 unspecified atom stereocenters. The maximum Gasteiger partial charge on any atom is 0.295 e. The Hall–Kier alpha value is -6.97. The predicted octanol–water partition coefficient (Wildman–Crippen LogP) is 10.9. The van der Waals surface area contributed by atoms with E-state index in [-0.39, 0.29) is 17.0 Å². The van der Waals surface area contributed by atoms with Gasteiger partial charge in [0.25, 0.3) is 15.8 Å². The summed E-state index contributed by atoms with van der Waals surface area (Å²) >= 11 is 0. The number of nitrogens with zero attached hydrogens (tertiary/aromatic N) is 5. The van der Waals surface area contributed by atoms with Gasteiger partial charge in [-0.2, -0.15) is 13.5 Å². The van der Waals surface area contributed by atoms with Gasteiger partial charge in [0.1, 0.15) is 33.5 Å². The van der Waals surface area contributed by atoms with Crippen LogP contribution in [0.5, 0.6) is 17.2 Å². The Balaban J connectivity index is 1.20. The molecular formula is C39H32N6O8S. The lowest BCUT2D eigenvalue weighted by Gasteiger charge is -2.11.